The van der Waals surface area contributed by atoms with E-state index in [-0.39, 0.29) is 0 Å². The van der Waals surface area contributed by atoms with Crippen molar-refractivity contribution >= 4 is 11.4 Å². The van der Waals surface area contributed by atoms with E-state index in [1.54, 1.807) is 19.4 Å². The molecule has 1 heterocycles. The van der Waals surface area contributed by atoms with E-state index in [1.165, 1.54) is 0 Å². The third kappa shape index (κ3) is 2.58. The summed E-state index contributed by atoms with van der Waals surface area (Å²) in [5.41, 5.74) is 3.29. The fraction of sp³-hybridized carbons (Fsp3) is 0.143. The maximum atomic E-state index is 8.79. The summed E-state index contributed by atoms with van der Waals surface area (Å²) in [6, 6.07) is 11.3. The van der Waals surface area contributed by atoms with Gasteiger partial charge < -0.3 is 10.1 Å². The summed E-state index contributed by atoms with van der Waals surface area (Å²) in [4.78, 5) is 3.93. The van der Waals surface area contributed by atoms with Crippen LogP contribution in [0.3, 0.4) is 0 Å². The minimum Gasteiger partial charge on any atom is -0.497 e. The molecule has 4 heteroatoms. The van der Waals surface area contributed by atoms with Crippen molar-refractivity contribution in [2.45, 2.75) is 6.92 Å². The lowest BCUT2D eigenvalue weighted by Crippen LogP contribution is -1.95. The molecule has 1 aromatic carbocycles. The van der Waals surface area contributed by atoms with Crippen molar-refractivity contribution in [3.63, 3.8) is 0 Å². The van der Waals surface area contributed by atoms with E-state index in [4.69, 9.17) is 10.00 Å². The van der Waals surface area contributed by atoms with Crippen LogP contribution in [0.25, 0.3) is 0 Å². The molecule has 0 saturated carbocycles. The Morgan fingerprint density at radius 2 is 2.11 bits per heavy atom. The summed E-state index contributed by atoms with van der Waals surface area (Å²) < 4.78 is 5.16. The third-order valence-corrected chi connectivity index (χ3v) is 2.59. The maximum absolute atomic E-state index is 8.79. The van der Waals surface area contributed by atoms with Crippen LogP contribution in [-0.4, -0.2) is 12.1 Å². The second-order valence-corrected chi connectivity index (χ2v) is 3.85. The predicted octanol–water partition coefficient (Wildman–Crippen LogP) is 3.01. The van der Waals surface area contributed by atoms with Gasteiger partial charge in [0.15, 0.2) is 0 Å². The van der Waals surface area contributed by atoms with Gasteiger partial charge in [-0.1, -0.05) is 0 Å². The number of methoxy groups -OCH3 is 1. The minimum absolute atomic E-state index is 0.395. The highest BCUT2D eigenvalue weighted by atomic mass is 16.5. The number of hydrogen-bond acceptors (Lipinski definition) is 4. The number of rotatable bonds is 3. The van der Waals surface area contributed by atoms with Gasteiger partial charge in [-0.2, -0.15) is 5.26 Å². The Balaban J connectivity index is 2.26. The average molecular weight is 239 g/mol. The van der Waals surface area contributed by atoms with Crippen LogP contribution in [0.1, 0.15) is 11.3 Å². The maximum Gasteiger partial charge on any atom is 0.142 e. The molecule has 90 valence electrons. The van der Waals surface area contributed by atoms with E-state index in [1.807, 2.05) is 37.3 Å². The van der Waals surface area contributed by atoms with Crippen molar-refractivity contribution in [2.24, 2.45) is 0 Å². The van der Waals surface area contributed by atoms with E-state index in [9.17, 15) is 0 Å². The van der Waals surface area contributed by atoms with Gasteiger partial charge in [-0.15, -0.1) is 0 Å². The first-order valence-electron chi connectivity index (χ1n) is 5.51. The number of aryl methyl sites for hydroxylation is 1. The van der Waals surface area contributed by atoms with Crippen LogP contribution >= 0.6 is 0 Å². The Labute approximate surface area is 106 Å². The summed E-state index contributed by atoms with van der Waals surface area (Å²) in [6.45, 7) is 2.00. The number of anilines is 2. The van der Waals surface area contributed by atoms with Gasteiger partial charge in [0.2, 0.25) is 0 Å². The molecule has 0 unspecified atom stereocenters. The number of ether oxygens (including phenoxy) is 1. The standard InChI is InChI=1S/C14H13N3O/c1-10-7-13(18-2)3-4-14(10)17-11-5-6-16-12(8-11)9-15/h3-8H,1-2H3,(H,16,17). The Hall–Kier alpha value is -2.54. The molecule has 0 fully saturated rings. The molecular weight excluding hydrogens is 226 g/mol. The number of hydrogen-bond donors (Lipinski definition) is 1. The fourth-order valence-electron chi connectivity index (χ4n) is 1.63. The van der Waals surface area contributed by atoms with Crippen LogP contribution in [0.2, 0.25) is 0 Å². The molecule has 0 aliphatic rings. The van der Waals surface area contributed by atoms with E-state index >= 15 is 0 Å². The van der Waals surface area contributed by atoms with Crippen LogP contribution in [0, 0.1) is 18.3 Å². The SMILES string of the molecule is COc1ccc(Nc2ccnc(C#N)c2)c(C)c1. The topological polar surface area (TPSA) is 57.9 Å². The zero-order valence-electron chi connectivity index (χ0n) is 10.3. The Bertz CT molecular complexity index is 602. The summed E-state index contributed by atoms with van der Waals surface area (Å²) >= 11 is 0. The van der Waals surface area contributed by atoms with Gasteiger partial charge in [0.05, 0.1) is 7.11 Å². The molecule has 0 atom stereocenters. The van der Waals surface area contributed by atoms with E-state index in [0.29, 0.717) is 5.69 Å². The predicted molar refractivity (Wildman–Crippen MR) is 70.0 cm³/mol. The summed E-state index contributed by atoms with van der Waals surface area (Å²) in [7, 11) is 1.64. The number of benzene rings is 1. The van der Waals surface area contributed by atoms with Crippen LogP contribution in [0.5, 0.6) is 5.75 Å². The lowest BCUT2D eigenvalue weighted by Gasteiger charge is -2.10. The highest BCUT2D eigenvalue weighted by Gasteiger charge is 2.02. The molecule has 2 rings (SSSR count). The molecule has 0 spiro atoms. The summed E-state index contributed by atoms with van der Waals surface area (Å²) in [5.74, 6) is 0.825. The van der Waals surface area contributed by atoms with Crippen LogP contribution in [-0.2, 0) is 0 Å². The van der Waals surface area contributed by atoms with Gasteiger partial charge in [0.25, 0.3) is 0 Å². The first-order chi connectivity index (χ1) is 8.72. The largest absolute Gasteiger partial charge is 0.497 e. The molecule has 4 nitrogen and oxygen atoms in total. The van der Waals surface area contributed by atoms with Gasteiger partial charge in [0.1, 0.15) is 17.5 Å². The van der Waals surface area contributed by atoms with Crippen molar-refractivity contribution in [3.8, 4) is 11.8 Å². The molecule has 1 N–H and O–H groups in total. The minimum atomic E-state index is 0.395. The van der Waals surface area contributed by atoms with Crippen molar-refractivity contribution in [2.75, 3.05) is 12.4 Å². The molecule has 0 saturated heterocycles. The fourth-order valence-corrected chi connectivity index (χ4v) is 1.63. The number of nitrogens with zero attached hydrogens (tertiary/aromatic N) is 2. The van der Waals surface area contributed by atoms with Crippen LogP contribution < -0.4 is 10.1 Å². The Morgan fingerprint density at radius 1 is 1.28 bits per heavy atom. The third-order valence-electron chi connectivity index (χ3n) is 2.59. The molecule has 0 bridgehead atoms. The van der Waals surface area contributed by atoms with Gasteiger partial charge in [-0.05, 0) is 42.8 Å². The zero-order chi connectivity index (χ0) is 13.0. The van der Waals surface area contributed by atoms with Gasteiger partial charge in [-0.3, -0.25) is 0 Å². The van der Waals surface area contributed by atoms with Crippen LogP contribution in [0.4, 0.5) is 11.4 Å². The molecule has 0 aliphatic heterocycles. The quantitative estimate of drug-likeness (QED) is 0.894. The molecule has 0 radical (unpaired) electrons. The number of nitrogens with one attached hydrogen (secondary N) is 1. The molecular formula is C14H13N3O. The smallest absolute Gasteiger partial charge is 0.142 e. The summed E-state index contributed by atoms with van der Waals surface area (Å²) in [6.07, 6.45) is 1.61. The second-order valence-electron chi connectivity index (χ2n) is 3.85. The zero-order valence-corrected chi connectivity index (χ0v) is 10.3. The summed E-state index contributed by atoms with van der Waals surface area (Å²) in [5, 5.41) is 12.0. The van der Waals surface area contributed by atoms with E-state index < -0.39 is 0 Å². The molecule has 0 amide bonds. The lowest BCUT2D eigenvalue weighted by molar-refractivity contribution is 0.414. The lowest BCUT2D eigenvalue weighted by atomic mass is 10.2. The van der Waals surface area contributed by atoms with Crippen LogP contribution in [0.15, 0.2) is 36.5 Å². The highest BCUT2D eigenvalue weighted by Crippen LogP contribution is 2.24. The first-order valence-corrected chi connectivity index (χ1v) is 5.51. The number of nitriles is 1. The van der Waals surface area contributed by atoms with Gasteiger partial charge in [0, 0.05) is 17.6 Å². The monoisotopic (exact) mass is 239 g/mol. The average Bonchev–Trinajstić information content (AvgIpc) is 2.41. The normalized spacial score (nSPS) is 9.61. The molecule has 18 heavy (non-hydrogen) atoms. The van der Waals surface area contributed by atoms with E-state index in [0.717, 1.165) is 22.7 Å². The molecule has 0 aliphatic carbocycles. The molecule has 1 aromatic heterocycles. The first kappa shape index (κ1) is 11.9. The van der Waals surface area contributed by atoms with Gasteiger partial charge >= 0.3 is 0 Å². The second kappa shape index (κ2) is 5.19. The van der Waals surface area contributed by atoms with Crippen molar-refractivity contribution in [3.05, 3.63) is 47.8 Å². The number of pyridine rings is 1. The molecule has 2 aromatic rings. The Kier molecular flexibility index (Phi) is 3.44. The Morgan fingerprint density at radius 3 is 2.78 bits per heavy atom. The van der Waals surface area contributed by atoms with Crippen molar-refractivity contribution in [1.29, 1.82) is 5.26 Å². The highest BCUT2D eigenvalue weighted by molar-refractivity contribution is 5.64. The number of aromatic nitrogens is 1. The van der Waals surface area contributed by atoms with E-state index in [2.05, 4.69) is 10.3 Å². The van der Waals surface area contributed by atoms with Crippen molar-refractivity contribution < 1.29 is 4.74 Å². The van der Waals surface area contributed by atoms with Crippen molar-refractivity contribution in [1.82, 2.24) is 4.98 Å². The van der Waals surface area contributed by atoms with Gasteiger partial charge in [-0.25, -0.2) is 4.98 Å².